The molecule has 0 aliphatic heterocycles. The molecule has 0 spiro atoms. The molecule has 0 saturated carbocycles. The highest BCUT2D eigenvalue weighted by molar-refractivity contribution is 8.01. The quantitative estimate of drug-likeness (QED) is 0.326. The summed E-state index contributed by atoms with van der Waals surface area (Å²) in [7, 11) is 0. The summed E-state index contributed by atoms with van der Waals surface area (Å²) in [5.41, 5.74) is 1.14. The number of allylic oxidation sites excluding steroid dienone is 1. The molecular formula is C20H22ClNS. The van der Waals surface area contributed by atoms with Gasteiger partial charge < -0.3 is 0 Å². The van der Waals surface area contributed by atoms with Gasteiger partial charge in [-0.3, -0.25) is 4.99 Å². The number of aliphatic imine (C=N–C) groups is 1. The summed E-state index contributed by atoms with van der Waals surface area (Å²) >= 11 is 8.47. The average molecular weight is 344 g/mol. The number of hydrogen-bond donors (Lipinski definition) is 0. The molecule has 0 aliphatic rings. The molecule has 0 bridgehead atoms. The molecular weight excluding hydrogens is 322 g/mol. The molecule has 0 fully saturated rings. The first kappa shape index (κ1) is 17.8. The van der Waals surface area contributed by atoms with Gasteiger partial charge in [0, 0.05) is 10.9 Å². The second kappa shape index (κ2) is 8.37. The van der Waals surface area contributed by atoms with Gasteiger partial charge in [0.1, 0.15) is 9.92 Å². The lowest BCUT2D eigenvalue weighted by Crippen LogP contribution is -2.29. The Balaban J connectivity index is 2.57. The molecule has 120 valence electrons. The van der Waals surface area contributed by atoms with E-state index in [2.05, 4.69) is 35.8 Å². The molecule has 1 atom stereocenters. The molecule has 0 amide bonds. The lowest BCUT2D eigenvalue weighted by molar-refractivity contribution is 0.792. The number of rotatable bonds is 7. The predicted octanol–water partition coefficient (Wildman–Crippen LogP) is 6.30. The van der Waals surface area contributed by atoms with E-state index in [0.717, 1.165) is 10.5 Å². The average Bonchev–Trinajstić information content (AvgIpc) is 2.55. The molecule has 3 heteroatoms. The van der Waals surface area contributed by atoms with E-state index in [4.69, 9.17) is 11.6 Å². The van der Waals surface area contributed by atoms with Crippen molar-refractivity contribution in [3.05, 3.63) is 78.9 Å². The molecule has 0 saturated heterocycles. The lowest BCUT2D eigenvalue weighted by atomic mass is 9.95. The maximum atomic E-state index is 6.74. The maximum absolute atomic E-state index is 6.74. The first-order chi connectivity index (χ1) is 11.1. The van der Waals surface area contributed by atoms with Crippen molar-refractivity contribution in [2.45, 2.75) is 36.0 Å². The Morgan fingerprint density at radius 1 is 1.13 bits per heavy atom. The lowest BCUT2D eigenvalue weighted by Gasteiger charge is -2.32. The van der Waals surface area contributed by atoms with Gasteiger partial charge in [0.2, 0.25) is 0 Å². The van der Waals surface area contributed by atoms with Crippen LogP contribution < -0.4 is 0 Å². The summed E-state index contributed by atoms with van der Waals surface area (Å²) in [5, 5.41) is 0.618. The van der Waals surface area contributed by atoms with E-state index in [-0.39, 0.29) is 6.04 Å². The highest BCUT2D eigenvalue weighted by Crippen LogP contribution is 2.47. The molecule has 1 nitrogen and oxygen atoms in total. The van der Waals surface area contributed by atoms with Crippen molar-refractivity contribution in [3.8, 4) is 0 Å². The second-order valence-electron chi connectivity index (χ2n) is 5.61. The van der Waals surface area contributed by atoms with Crippen molar-refractivity contribution in [3.63, 3.8) is 0 Å². The van der Waals surface area contributed by atoms with Gasteiger partial charge in [-0.1, -0.05) is 66.2 Å². The minimum atomic E-state index is -0.448. The third-order valence-corrected chi connectivity index (χ3v) is 5.40. The minimum Gasteiger partial charge on any atom is -0.273 e. The summed E-state index contributed by atoms with van der Waals surface area (Å²) in [6.45, 7) is 8.03. The van der Waals surface area contributed by atoms with Crippen molar-refractivity contribution >= 4 is 28.5 Å². The van der Waals surface area contributed by atoms with Crippen molar-refractivity contribution < 1.29 is 0 Å². The van der Waals surface area contributed by atoms with Crippen LogP contribution >= 0.6 is 23.4 Å². The zero-order valence-electron chi connectivity index (χ0n) is 13.6. The van der Waals surface area contributed by atoms with Crippen LogP contribution in [-0.4, -0.2) is 11.2 Å². The van der Waals surface area contributed by atoms with Gasteiger partial charge in [0.25, 0.3) is 0 Å². The molecule has 0 N–H and O–H groups in total. The van der Waals surface area contributed by atoms with E-state index in [1.54, 1.807) is 11.8 Å². The van der Waals surface area contributed by atoms with E-state index in [1.807, 2.05) is 56.3 Å². The molecule has 1 unspecified atom stereocenters. The van der Waals surface area contributed by atoms with E-state index in [0.29, 0.717) is 11.6 Å². The first-order valence-corrected chi connectivity index (χ1v) is 8.92. The SMILES string of the molecule is C=CCC(Sc1ccccc1)(C(Cl)=NC(C)C)c1ccccc1. The van der Waals surface area contributed by atoms with Crippen molar-refractivity contribution in [1.29, 1.82) is 0 Å². The Labute approximate surface area is 148 Å². The molecule has 0 aliphatic carbocycles. The molecule has 23 heavy (non-hydrogen) atoms. The van der Waals surface area contributed by atoms with Crippen LogP contribution in [0.1, 0.15) is 25.8 Å². The van der Waals surface area contributed by atoms with E-state index < -0.39 is 4.75 Å². The van der Waals surface area contributed by atoms with Gasteiger partial charge >= 0.3 is 0 Å². The predicted molar refractivity (Wildman–Crippen MR) is 104 cm³/mol. The topological polar surface area (TPSA) is 12.4 Å². The fourth-order valence-corrected chi connectivity index (χ4v) is 4.18. The van der Waals surface area contributed by atoms with Gasteiger partial charge in [-0.2, -0.15) is 0 Å². The molecule has 2 rings (SSSR count). The second-order valence-corrected chi connectivity index (χ2v) is 7.35. The fraction of sp³-hybridized carbons (Fsp3) is 0.250. The number of thioether (sulfide) groups is 1. The van der Waals surface area contributed by atoms with Crippen LogP contribution in [0.5, 0.6) is 0 Å². The number of benzene rings is 2. The molecule has 0 heterocycles. The van der Waals surface area contributed by atoms with Crippen LogP contribution in [-0.2, 0) is 4.75 Å². The largest absolute Gasteiger partial charge is 0.273 e. The Bertz CT molecular complexity index is 652. The van der Waals surface area contributed by atoms with Gasteiger partial charge in [-0.15, -0.1) is 18.3 Å². The number of halogens is 1. The smallest absolute Gasteiger partial charge is 0.122 e. The summed E-state index contributed by atoms with van der Waals surface area (Å²) in [6, 6.07) is 20.8. The highest BCUT2D eigenvalue weighted by atomic mass is 35.5. The Kier molecular flexibility index (Phi) is 6.49. The van der Waals surface area contributed by atoms with Gasteiger partial charge in [-0.25, -0.2) is 0 Å². The zero-order valence-corrected chi connectivity index (χ0v) is 15.1. The van der Waals surface area contributed by atoms with Crippen molar-refractivity contribution in [1.82, 2.24) is 0 Å². The van der Waals surface area contributed by atoms with Crippen LogP contribution in [0.3, 0.4) is 0 Å². The van der Waals surface area contributed by atoms with Crippen LogP contribution in [0, 0.1) is 0 Å². The Morgan fingerprint density at radius 2 is 1.70 bits per heavy atom. The van der Waals surface area contributed by atoms with Crippen LogP contribution in [0.4, 0.5) is 0 Å². The number of hydrogen-bond acceptors (Lipinski definition) is 2. The summed E-state index contributed by atoms with van der Waals surface area (Å²) in [6.07, 6.45) is 2.63. The summed E-state index contributed by atoms with van der Waals surface area (Å²) in [4.78, 5) is 5.82. The van der Waals surface area contributed by atoms with Gasteiger partial charge in [0.15, 0.2) is 0 Å². The molecule has 2 aromatic rings. The zero-order chi connectivity index (χ0) is 16.7. The third-order valence-electron chi connectivity index (χ3n) is 3.41. The van der Waals surface area contributed by atoms with Crippen LogP contribution in [0.2, 0.25) is 0 Å². The molecule has 2 aromatic carbocycles. The first-order valence-electron chi connectivity index (χ1n) is 7.73. The normalized spacial score (nSPS) is 14.5. The van der Waals surface area contributed by atoms with Crippen molar-refractivity contribution in [2.24, 2.45) is 4.99 Å². The molecule has 0 aromatic heterocycles. The minimum absolute atomic E-state index is 0.145. The fourth-order valence-electron chi connectivity index (χ4n) is 2.40. The summed E-state index contributed by atoms with van der Waals surface area (Å²) < 4.78 is -0.448. The van der Waals surface area contributed by atoms with Crippen LogP contribution in [0.25, 0.3) is 0 Å². The Hall–Kier alpha value is -1.51. The van der Waals surface area contributed by atoms with E-state index in [1.165, 1.54) is 0 Å². The standard InChI is InChI=1S/C20H22ClNS/c1-4-15-20(19(21)22-16(2)3,17-11-7-5-8-12-17)23-18-13-9-6-10-14-18/h4-14,16H,1,15H2,2-3H3. The third kappa shape index (κ3) is 4.49. The van der Waals surface area contributed by atoms with Crippen molar-refractivity contribution in [2.75, 3.05) is 0 Å². The maximum Gasteiger partial charge on any atom is 0.122 e. The van der Waals surface area contributed by atoms with Gasteiger partial charge in [0.05, 0.1) is 0 Å². The van der Waals surface area contributed by atoms with Gasteiger partial charge in [-0.05, 0) is 38.0 Å². The Morgan fingerprint density at radius 3 is 2.22 bits per heavy atom. The number of nitrogens with zero attached hydrogens (tertiary/aromatic N) is 1. The summed E-state index contributed by atoms with van der Waals surface area (Å²) in [5.74, 6) is 0. The monoisotopic (exact) mass is 343 g/mol. The van der Waals surface area contributed by atoms with E-state index >= 15 is 0 Å². The highest BCUT2D eigenvalue weighted by Gasteiger charge is 2.37. The van der Waals surface area contributed by atoms with E-state index in [9.17, 15) is 0 Å². The molecule has 0 radical (unpaired) electrons. The van der Waals surface area contributed by atoms with Crippen LogP contribution in [0.15, 0.2) is 83.2 Å².